The molecule has 1 heterocycles. The largest absolute Gasteiger partial charge is 0.379 e. The Morgan fingerprint density at radius 1 is 1.20 bits per heavy atom. The predicted molar refractivity (Wildman–Crippen MR) is 79.7 cm³/mol. The molecular formula is C15H29N3O2. The van der Waals surface area contributed by atoms with Crippen molar-refractivity contribution in [2.45, 2.75) is 32.1 Å². The van der Waals surface area contributed by atoms with Crippen LogP contribution in [0.4, 0.5) is 0 Å². The highest BCUT2D eigenvalue weighted by Gasteiger charge is 2.34. The van der Waals surface area contributed by atoms with Gasteiger partial charge in [-0.05, 0) is 19.9 Å². The van der Waals surface area contributed by atoms with Gasteiger partial charge in [-0.1, -0.05) is 19.3 Å². The van der Waals surface area contributed by atoms with Gasteiger partial charge in [0.2, 0.25) is 5.91 Å². The lowest BCUT2D eigenvalue weighted by Crippen LogP contribution is -2.50. The lowest BCUT2D eigenvalue weighted by Gasteiger charge is -2.42. The van der Waals surface area contributed by atoms with E-state index in [-0.39, 0.29) is 11.3 Å². The van der Waals surface area contributed by atoms with Crippen LogP contribution < -0.4 is 10.6 Å². The molecule has 0 bridgehead atoms. The summed E-state index contributed by atoms with van der Waals surface area (Å²) >= 11 is 0. The lowest BCUT2D eigenvalue weighted by atomic mass is 9.73. The predicted octanol–water partition coefficient (Wildman–Crippen LogP) is 0.605. The molecule has 5 nitrogen and oxygen atoms in total. The van der Waals surface area contributed by atoms with Crippen molar-refractivity contribution < 1.29 is 9.53 Å². The maximum Gasteiger partial charge on any atom is 0.233 e. The number of carbonyl (C=O) groups is 1. The minimum Gasteiger partial charge on any atom is -0.379 e. The van der Waals surface area contributed by atoms with E-state index in [1.165, 1.54) is 32.1 Å². The highest BCUT2D eigenvalue weighted by Crippen LogP contribution is 2.36. The Bertz CT molecular complexity index is 297. The van der Waals surface area contributed by atoms with Crippen molar-refractivity contribution in [2.24, 2.45) is 5.41 Å². The minimum absolute atomic E-state index is 0.111. The Hall–Kier alpha value is -0.650. The molecule has 1 saturated carbocycles. The first kappa shape index (κ1) is 15.7. The second-order valence-corrected chi connectivity index (χ2v) is 6.26. The number of rotatable bonds is 6. The number of nitrogens with one attached hydrogen (secondary N) is 2. The van der Waals surface area contributed by atoms with E-state index < -0.39 is 0 Å². The molecule has 0 aromatic heterocycles. The second kappa shape index (κ2) is 7.96. The van der Waals surface area contributed by atoms with Gasteiger partial charge in [-0.3, -0.25) is 9.69 Å². The SMILES string of the molecule is CNCC(=O)NCC1(CN2CCOCC2)CCCCC1. The van der Waals surface area contributed by atoms with Crippen molar-refractivity contribution in [3.8, 4) is 0 Å². The molecule has 5 heteroatoms. The molecule has 0 aromatic carbocycles. The van der Waals surface area contributed by atoms with E-state index in [0.29, 0.717) is 6.54 Å². The standard InChI is InChI=1S/C15H29N3O2/c1-16-11-14(19)17-12-15(5-3-2-4-6-15)13-18-7-9-20-10-8-18/h16H,2-13H2,1H3,(H,17,19). The molecule has 0 aromatic rings. The fourth-order valence-corrected chi connectivity index (χ4v) is 3.44. The first-order chi connectivity index (χ1) is 9.74. The van der Waals surface area contributed by atoms with Gasteiger partial charge >= 0.3 is 0 Å². The third kappa shape index (κ3) is 4.72. The summed E-state index contributed by atoms with van der Waals surface area (Å²) < 4.78 is 5.43. The first-order valence-corrected chi connectivity index (χ1v) is 7.96. The molecule has 1 saturated heterocycles. The Labute approximate surface area is 122 Å². The van der Waals surface area contributed by atoms with E-state index in [9.17, 15) is 4.79 Å². The van der Waals surface area contributed by atoms with Crippen molar-refractivity contribution >= 4 is 5.91 Å². The lowest BCUT2D eigenvalue weighted by molar-refractivity contribution is -0.121. The van der Waals surface area contributed by atoms with Crippen LogP contribution in [0.1, 0.15) is 32.1 Å². The Morgan fingerprint density at radius 2 is 1.90 bits per heavy atom. The van der Waals surface area contributed by atoms with Gasteiger partial charge < -0.3 is 15.4 Å². The van der Waals surface area contributed by atoms with Crippen molar-refractivity contribution in [3.05, 3.63) is 0 Å². The fourth-order valence-electron chi connectivity index (χ4n) is 3.44. The Kier molecular flexibility index (Phi) is 6.26. The van der Waals surface area contributed by atoms with Gasteiger partial charge in [-0.25, -0.2) is 0 Å². The Balaban J connectivity index is 1.88. The third-order valence-electron chi connectivity index (χ3n) is 4.57. The summed E-state index contributed by atoms with van der Waals surface area (Å²) in [7, 11) is 1.81. The molecule has 1 aliphatic heterocycles. The van der Waals surface area contributed by atoms with E-state index in [1.807, 2.05) is 7.05 Å². The number of nitrogens with zero attached hydrogens (tertiary/aromatic N) is 1. The topological polar surface area (TPSA) is 53.6 Å². The molecule has 116 valence electrons. The summed E-state index contributed by atoms with van der Waals surface area (Å²) in [6, 6.07) is 0. The molecule has 0 spiro atoms. The highest BCUT2D eigenvalue weighted by molar-refractivity contribution is 5.77. The van der Waals surface area contributed by atoms with Crippen LogP contribution in [0.2, 0.25) is 0 Å². The number of hydrogen-bond acceptors (Lipinski definition) is 4. The van der Waals surface area contributed by atoms with Crippen molar-refractivity contribution in [2.75, 3.05) is 53.0 Å². The van der Waals surface area contributed by atoms with Crippen LogP contribution in [-0.2, 0) is 9.53 Å². The van der Waals surface area contributed by atoms with E-state index in [2.05, 4.69) is 15.5 Å². The van der Waals surface area contributed by atoms with Crippen LogP contribution in [0.3, 0.4) is 0 Å². The summed E-state index contributed by atoms with van der Waals surface area (Å²) in [5.41, 5.74) is 0.277. The maximum absolute atomic E-state index is 11.7. The molecule has 1 aliphatic carbocycles. The van der Waals surface area contributed by atoms with Crippen molar-refractivity contribution in [1.29, 1.82) is 0 Å². The second-order valence-electron chi connectivity index (χ2n) is 6.26. The zero-order valence-electron chi connectivity index (χ0n) is 12.7. The number of carbonyl (C=O) groups excluding carboxylic acids is 1. The average Bonchev–Trinajstić information content (AvgIpc) is 2.48. The van der Waals surface area contributed by atoms with Gasteiger partial charge in [0.15, 0.2) is 0 Å². The van der Waals surface area contributed by atoms with Crippen LogP contribution in [0.5, 0.6) is 0 Å². The van der Waals surface area contributed by atoms with Gasteiger partial charge in [-0.15, -0.1) is 0 Å². The smallest absolute Gasteiger partial charge is 0.233 e. The van der Waals surface area contributed by atoms with E-state index in [0.717, 1.165) is 39.4 Å². The first-order valence-electron chi connectivity index (χ1n) is 7.96. The van der Waals surface area contributed by atoms with Gasteiger partial charge in [0.25, 0.3) is 0 Å². The quantitative estimate of drug-likeness (QED) is 0.750. The zero-order valence-corrected chi connectivity index (χ0v) is 12.7. The minimum atomic E-state index is 0.111. The van der Waals surface area contributed by atoms with Gasteiger partial charge in [0.05, 0.1) is 19.8 Å². The molecule has 0 radical (unpaired) electrons. The zero-order chi connectivity index (χ0) is 14.3. The third-order valence-corrected chi connectivity index (χ3v) is 4.57. The molecule has 2 fully saturated rings. The van der Waals surface area contributed by atoms with Crippen LogP contribution in [0.25, 0.3) is 0 Å². The molecule has 2 N–H and O–H groups in total. The number of ether oxygens (including phenoxy) is 1. The molecule has 0 atom stereocenters. The summed E-state index contributed by atoms with van der Waals surface area (Å²) in [5, 5.41) is 6.03. The average molecular weight is 283 g/mol. The fraction of sp³-hybridized carbons (Fsp3) is 0.933. The van der Waals surface area contributed by atoms with Gasteiger partial charge in [-0.2, -0.15) is 0 Å². The van der Waals surface area contributed by atoms with E-state index >= 15 is 0 Å². The van der Waals surface area contributed by atoms with Crippen molar-refractivity contribution in [1.82, 2.24) is 15.5 Å². The van der Waals surface area contributed by atoms with Gasteiger partial charge in [0.1, 0.15) is 0 Å². The monoisotopic (exact) mass is 283 g/mol. The summed E-state index contributed by atoms with van der Waals surface area (Å²) in [6.45, 7) is 6.11. The van der Waals surface area contributed by atoms with Gasteiger partial charge in [0, 0.05) is 31.6 Å². The van der Waals surface area contributed by atoms with Crippen LogP contribution in [0, 0.1) is 5.41 Å². The number of morpholine rings is 1. The summed E-state index contributed by atoms with van der Waals surface area (Å²) in [6.07, 6.45) is 6.42. The molecule has 20 heavy (non-hydrogen) atoms. The highest BCUT2D eigenvalue weighted by atomic mass is 16.5. The van der Waals surface area contributed by atoms with Crippen LogP contribution in [-0.4, -0.2) is 63.8 Å². The number of hydrogen-bond donors (Lipinski definition) is 2. The molecule has 0 unspecified atom stereocenters. The molecular weight excluding hydrogens is 254 g/mol. The van der Waals surface area contributed by atoms with Crippen LogP contribution in [0.15, 0.2) is 0 Å². The molecule has 2 aliphatic rings. The molecule has 2 rings (SSSR count). The van der Waals surface area contributed by atoms with Crippen LogP contribution >= 0.6 is 0 Å². The summed E-state index contributed by atoms with van der Waals surface area (Å²) in [5.74, 6) is 0.111. The number of likely N-dealkylation sites (N-methyl/N-ethyl adjacent to an activating group) is 1. The van der Waals surface area contributed by atoms with E-state index in [1.54, 1.807) is 0 Å². The van der Waals surface area contributed by atoms with E-state index in [4.69, 9.17) is 4.74 Å². The number of amides is 1. The normalized spacial score (nSPS) is 23.4. The van der Waals surface area contributed by atoms with Crippen molar-refractivity contribution in [3.63, 3.8) is 0 Å². The Morgan fingerprint density at radius 3 is 2.55 bits per heavy atom. The summed E-state index contributed by atoms with van der Waals surface area (Å²) in [4.78, 5) is 14.2. The maximum atomic E-state index is 11.7. The molecule has 1 amide bonds.